The predicted molar refractivity (Wildman–Crippen MR) is 89.1 cm³/mol. The Labute approximate surface area is 141 Å². The van der Waals surface area contributed by atoms with Crippen LogP contribution in [0.25, 0.3) is 10.9 Å². The van der Waals surface area contributed by atoms with Crippen LogP contribution in [0.15, 0.2) is 28.0 Å². The molecule has 1 aromatic heterocycles. The fourth-order valence-electron chi connectivity index (χ4n) is 3.51. The second-order valence-corrected chi connectivity index (χ2v) is 7.45. The summed E-state index contributed by atoms with van der Waals surface area (Å²) in [6.45, 7) is 5.35. The minimum Gasteiger partial charge on any atom is -0.477 e. The second-order valence-electron chi connectivity index (χ2n) is 6.08. The Bertz CT molecular complexity index is 923. The van der Waals surface area contributed by atoms with E-state index in [1.54, 1.807) is 6.07 Å². The van der Waals surface area contributed by atoms with Gasteiger partial charge in [0.1, 0.15) is 16.4 Å². The zero-order valence-corrected chi connectivity index (χ0v) is 13.8. The van der Waals surface area contributed by atoms with Crippen LogP contribution in [0.1, 0.15) is 17.3 Å². The number of benzene rings is 1. The Morgan fingerprint density at radius 3 is 2.75 bits per heavy atom. The molecule has 126 valence electrons. The number of pyridine rings is 1. The second kappa shape index (κ2) is 5.30. The molecule has 1 aromatic carbocycles. The van der Waals surface area contributed by atoms with Crippen LogP contribution in [0.2, 0.25) is 0 Å². The molecular formula is C16H16FN3O3S. The van der Waals surface area contributed by atoms with Crippen LogP contribution in [0.5, 0.6) is 0 Å². The first kappa shape index (κ1) is 15.6. The maximum Gasteiger partial charge on any atom is 0.342 e. The Morgan fingerprint density at radius 2 is 2.08 bits per heavy atom. The summed E-state index contributed by atoms with van der Waals surface area (Å²) < 4.78 is 15.5. The molecule has 0 radical (unpaired) electrons. The number of carboxylic acids is 1. The van der Waals surface area contributed by atoms with E-state index in [9.17, 15) is 19.1 Å². The van der Waals surface area contributed by atoms with E-state index in [1.807, 2.05) is 11.5 Å². The number of aromatic carboxylic acids is 1. The van der Waals surface area contributed by atoms with Crippen molar-refractivity contribution in [3.63, 3.8) is 0 Å². The lowest BCUT2D eigenvalue weighted by Gasteiger charge is -2.52. The standard InChI is InChI=1S/C16H16FN3O3S/c1-16(19-6-4-18-5-7-19)20-11-3-2-9(17)8-10(11)13(21)12(15(22)23)14(20)24-16/h2-3,8,18H,4-7H2,1H3,(H,22,23)/t16-/m1/s1. The fourth-order valence-corrected chi connectivity index (χ4v) is 4.99. The minimum atomic E-state index is -1.27. The lowest BCUT2D eigenvalue weighted by atomic mass is 10.1. The van der Waals surface area contributed by atoms with Gasteiger partial charge in [-0.1, -0.05) is 11.8 Å². The molecule has 2 aliphatic heterocycles. The molecule has 0 amide bonds. The summed E-state index contributed by atoms with van der Waals surface area (Å²) in [5, 5.41) is 13.3. The molecule has 0 saturated carbocycles. The molecule has 2 N–H and O–H groups in total. The Hall–Kier alpha value is -1.90. The average molecular weight is 349 g/mol. The van der Waals surface area contributed by atoms with Gasteiger partial charge in [0.25, 0.3) is 0 Å². The van der Waals surface area contributed by atoms with E-state index in [-0.39, 0.29) is 10.9 Å². The quantitative estimate of drug-likeness (QED) is 0.856. The van der Waals surface area contributed by atoms with Crippen molar-refractivity contribution in [3.8, 4) is 0 Å². The highest BCUT2D eigenvalue weighted by Gasteiger charge is 2.48. The van der Waals surface area contributed by atoms with Gasteiger partial charge >= 0.3 is 5.97 Å². The van der Waals surface area contributed by atoms with Gasteiger partial charge in [-0.3, -0.25) is 9.69 Å². The van der Waals surface area contributed by atoms with Gasteiger partial charge in [-0.15, -0.1) is 0 Å². The SMILES string of the molecule is C[C@]1(N2CCNCC2)Sc2c(C(=O)O)c(=O)c3cc(F)ccc3n21. The number of rotatable bonds is 2. The van der Waals surface area contributed by atoms with Gasteiger partial charge < -0.3 is 15.0 Å². The molecule has 2 aliphatic rings. The van der Waals surface area contributed by atoms with Gasteiger partial charge in [-0.2, -0.15) is 0 Å². The van der Waals surface area contributed by atoms with Gasteiger partial charge in [0.05, 0.1) is 10.5 Å². The molecular weight excluding hydrogens is 333 g/mol. The third kappa shape index (κ3) is 2.03. The maximum absolute atomic E-state index is 13.6. The molecule has 6 nitrogen and oxygen atoms in total. The highest BCUT2D eigenvalue weighted by atomic mass is 32.2. The van der Waals surface area contributed by atoms with Crippen LogP contribution in [0, 0.1) is 5.82 Å². The van der Waals surface area contributed by atoms with Gasteiger partial charge in [0, 0.05) is 31.6 Å². The number of thioether (sulfide) groups is 1. The van der Waals surface area contributed by atoms with E-state index < -0.39 is 22.2 Å². The number of nitrogens with one attached hydrogen (secondary N) is 1. The van der Waals surface area contributed by atoms with Crippen LogP contribution in [0.4, 0.5) is 4.39 Å². The van der Waals surface area contributed by atoms with Crippen molar-refractivity contribution in [2.24, 2.45) is 0 Å². The van der Waals surface area contributed by atoms with Crippen LogP contribution >= 0.6 is 11.8 Å². The number of carbonyl (C=O) groups is 1. The van der Waals surface area contributed by atoms with Crippen molar-refractivity contribution >= 4 is 28.6 Å². The molecule has 0 bridgehead atoms. The number of halogens is 1. The van der Waals surface area contributed by atoms with Gasteiger partial charge in [0.15, 0.2) is 0 Å². The molecule has 0 spiro atoms. The van der Waals surface area contributed by atoms with Crippen molar-refractivity contribution < 1.29 is 14.3 Å². The molecule has 2 aromatic rings. The average Bonchev–Trinajstić information content (AvgIpc) is 2.55. The molecule has 8 heteroatoms. The molecule has 0 unspecified atom stereocenters. The van der Waals surface area contributed by atoms with Crippen LogP contribution in [-0.4, -0.2) is 46.7 Å². The Morgan fingerprint density at radius 1 is 1.38 bits per heavy atom. The summed E-state index contributed by atoms with van der Waals surface area (Å²) in [5.74, 6) is -1.82. The smallest absolute Gasteiger partial charge is 0.342 e. The highest BCUT2D eigenvalue weighted by Crippen LogP contribution is 2.53. The van der Waals surface area contributed by atoms with E-state index >= 15 is 0 Å². The van der Waals surface area contributed by atoms with Crippen molar-refractivity contribution in [3.05, 3.63) is 39.8 Å². The van der Waals surface area contributed by atoms with Crippen LogP contribution in [-0.2, 0) is 4.99 Å². The monoisotopic (exact) mass is 349 g/mol. The number of carboxylic acid groups (broad SMARTS) is 1. The molecule has 1 fully saturated rings. The first-order valence-electron chi connectivity index (χ1n) is 7.70. The normalized spacial score (nSPS) is 23.8. The van der Waals surface area contributed by atoms with Crippen molar-refractivity contribution in [1.82, 2.24) is 14.8 Å². The largest absolute Gasteiger partial charge is 0.477 e. The van der Waals surface area contributed by atoms with Gasteiger partial charge in [0.2, 0.25) is 5.43 Å². The van der Waals surface area contributed by atoms with Crippen molar-refractivity contribution in [1.29, 1.82) is 0 Å². The highest BCUT2D eigenvalue weighted by molar-refractivity contribution is 8.01. The van der Waals surface area contributed by atoms with Gasteiger partial charge in [-0.25, -0.2) is 9.18 Å². The van der Waals surface area contributed by atoms with E-state index in [2.05, 4.69) is 10.2 Å². The molecule has 0 aliphatic carbocycles. The number of hydrogen-bond donors (Lipinski definition) is 2. The Kier molecular flexibility index (Phi) is 3.45. The molecule has 3 heterocycles. The lowest BCUT2D eigenvalue weighted by Crippen LogP contribution is -2.58. The van der Waals surface area contributed by atoms with Crippen molar-refractivity contribution in [2.45, 2.75) is 16.9 Å². The topological polar surface area (TPSA) is 74.6 Å². The molecule has 1 saturated heterocycles. The summed E-state index contributed by atoms with van der Waals surface area (Å²) in [6.07, 6.45) is 0. The number of hydrogen-bond acceptors (Lipinski definition) is 5. The summed E-state index contributed by atoms with van der Waals surface area (Å²) >= 11 is 1.38. The Balaban J connectivity index is 2.00. The summed E-state index contributed by atoms with van der Waals surface area (Å²) in [4.78, 5) is 25.9. The number of piperazine rings is 1. The van der Waals surface area contributed by atoms with Crippen LogP contribution in [0.3, 0.4) is 0 Å². The summed E-state index contributed by atoms with van der Waals surface area (Å²) in [5.41, 5.74) is -0.329. The van der Waals surface area contributed by atoms with E-state index in [0.717, 1.165) is 32.2 Å². The minimum absolute atomic E-state index is 0.109. The third-order valence-electron chi connectivity index (χ3n) is 4.71. The number of aromatic nitrogens is 1. The fraction of sp³-hybridized carbons (Fsp3) is 0.375. The number of nitrogens with zero attached hydrogens (tertiary/aromatic N) is 2. The van der Waals surface area contributed by atoms with E-state index in [0.29, 0.717) is 10.5 Å². The van der Waals surface area contributed by atoms with E-state index in [4.69, 9.17) is 0 Å². The first-order chi connectivity index (χ1) is 11.4. The summed E-state index contributed by atoms with van der Waals surface area (Å²) in [7, 11) is 0. The molecule has 4 rings (SSSR count). The molecule has 24 heavy (non-hydrogen) atoms. The predicted octanol–water partition coefficient (Wildman–Crippen LogP) is 1.48. The first-order valence-corrected chi connectivity index (χ1v) is 8.52. The maximum atomic E-state index is 13.6. The zero-order valence-electron chi connectivity index (χ0n) is 13.0. The summed E-state index contributed by atoms with van der Waals surface area (Å²) in [6, 6.07) is 3.98. The zero-order chi connectivity index (χ0) is 17.1. The van der Waals surface area contributed by atoms with E-state index in [1.165, 1.54) is 17.8 Å². The van der Waals surface area contributed by atoms with Gasteiger partial charge in [-0.05, 0) is 25.1 Å². The third-order valence-corrected chi connectivity index (χ3v) is 6.12. The van der Waals surface area contributed by atoms with Crippen molar-refractivity contribution in [2.75, 3.05) is 26.2 Å². The number of fused-ring (bicyclic) bond motifs is 3. The molecule has 1 atom stereocenters. The van der Waals surface area contributed by atoms with Crippen LogP contribution < -0.4 is 10.7 Å². The lowest BCUT2D eigenvalue weighted by molar-refractivity contribution is 0.0667.